The molecule has 1 saturated heterocycles. The molecule has 0 aromatic carbocycles. The summed E-state index contributed by atoms with van der Waals surface area (Å²) in [5, 5.41) is 10.7. The molecule has 150 valence electrons. The molecule has 4 rings (SSSR count). The molecule has 2 aliphatic rings. The highest BCUT2D eigenvalue weighted by Gasteiger charge is 2.34. The van der Waals surface area contributed by atoms with Crippen molar-refractivity contribution in [2.75, 3.05) is 39.3 Å². The fourth-order valence-electron chi connectivity index (χ4n) is 3.94. The highest BCUT2D eigenvalue weighted by molar-refractivity contribution is 7.12. The fourth-order valence-corrected chi connectivity index (χ4v) is 5.48. The van der Waals surface area contributed by atoms with Crippen LogP contribution in [0.25, 0.3) is 0 Å². The molecule has 1 amide bonds. The van der Waals surface area contributed by atoms with Gasteiger partial charge in [0.1, 0.15) is 0 Å². The summed E-state index contributed by atoms with van der Waals surface area (Å²) >= 11 is 3.40. The Morgan fingerprint density at radius 2 is 1.82 bits per heavy atom. The molecular weight excluding hydrogens is 388 g/mol. The minimum Gasteiger partial charge on any atom is -0.301 e. The van der Waals surface area contributed by atoms with Gasteiger partial charge in [-0.1, -0.05) is 26.0 Å². The van der Waals surface area contributed by atoms with Crippen LogP contribution in [-0.2, 0) is 4.79 Å². The Hall–Kier alpha value is -1.54. The van der Waals surface area contributed by atoms with Crippen LogP contribution in [0.4, 0.5) is 0 Å². The summed E-state index contributed by atoms with van der Waals surface area (Å²) in [4.78, 5) is 20.3. The summed E-state index contributed by atoms with van der Waals surface area (Å²) < 4.78 is 0. The summed E-state index contributed by atoms with van der Waals surface area (Å²) in [6, 6.07) is 8.35. The maximum Gasteiger partial charge on any atom is 0.257 e. The van der Waals surface area contributed by atoms with Crippen LogP contribution in [0.3, 0.4) is 0 Å². The van der Waals surface area contributed by atoms with E-state index in [0.717, 1.165) is 44.9 Å². The van der Waals surface area contributed by atoms with Crippen molar-refractivity contribution in [2.45, 2.75) is 26.3 Å². The first kappa shape index (κ1) is 19.8. The fraction of sp³-hybridized carbons (Fsp3) is 0.524. The van der Waals surface area contributed by atoms with Gasteiger partial charge in [0.25, 0.3) is 5.91 Å². The summed E-state index contributed by atoms with van der Waals surface area (Å²) in [6.07, 6.45) is 0.801. The number of hydrogen-bond donors (Lipinski definition) is 0. The molecular formula is C21H28N4OS2. The number of piperazine rings is 1. The molecule has 7 heteroatoms. The zero-order valence-corrected chi connectivity index (χ0v) is 18.2. The van der Waals surface area contributed by atoms with Crippen LogP contribution in [0.15, 0.2) is 40.1 Å². The number of nitrogens with zero attached hydrogens (tertiary/aromatic N) is 4. The summed E-state index contributed by atoms with van der Waals surface area (Å²) in [6.45, 7) is 10.1. The molecule has 0 radical (unpaired) electrons. The number of amides is 1. The second-order valence-corrected chi connectivity index (χ2v) is 9.90. The average molecular weight is 417 g/mol. The van der Waals surface area contributed by atoms with Crippen LogP contribution in [0.5, 0.6) is 0 Å². The van der Waals surface area contributed by atoms with Gasteiger partial charge in [-0.25, -0.2) is 5.01 Å². The topological polar surface area (TPSA) is 39.1 Å². The standard InChI is InChI=1S/C21H28N4OS2/c1-16(2)14-23-7-9-24(10-8-23)15-21(26)25-18(20-6-4-12-28-20)13-17(22-25)19-5-3-11-27-19/h3-6,11-12,16,18H,7-10,13-15H2,1-2H3. The molecule has 0 bridgehead atoms. The van der Waals surface area contributed by atoms with Gasteiger partial charge in [0.05, 0.1) is 23.2 Å². The van der Waals surface area contributed by atoms with E-state index in [2.05, 4.69) is 52.6 Å². The van der Waals surface area contributed by atoms with Gasteiger partial charge in [-0.15, -0.1) is 22.7 Å². The normalized spacial score (nSPS) is 21.5. The zero-order chi connectivity index (χ0) is 19.5. The monoisotopic (exact) mass is 416 g/mol. The molecule has 0 spiro atoms. The van der Waals surface area contributed by atoms with E-state index in [-0.39, 0.29) is 11.9 Å². The quantitative estimate of drug-likeness (QED) is 0.720. The van der Waals surface area contributed by atoms with Gasteiger partial charge in [-0.3, -0.25) is 9.69 Å². The van der Waals surface area contributed by atoms with Crippen molar-refractivity contribution in [2.24, 2.45) is 11.0 Å². The van der Waals surface area contributed by atoms with Crippen LogP contribution in [0.2, 0.25) is 0 Å². The molecule has 0 saturated carbocycles. The van der Waals surface area contributed by atoms with Gasteiger partial charge in [-0.05, 0) is 28.8 Å². The van der Waals surface area contributed by atoms with E-state index in [4.69, 9.17) is 5.10 Å². The lowest BCUT2D eigenvalue weighted by atomic mass is 10.1. The van der Waals surface area contributed by atoms with Crippen LogP contribution in [0, 0.1) is 5.92 Å². The van der Waals surface area contributed by atoms with E-state index in [9.17, 15) is 4.79 Å². The van der Waals surface area contributed by atoms with Crippen molar-refractivity contribution in [3.05, 3.63) is 44.8 Å². The van der Waals surface area contributed by atoms with Crippen molar-refractivity contribution < 1.29 is 4.79 Å². The van der Waals surface area contributed by atoms with Gasteiger partial charge >= 0.3 is 0 Å². The first-order valence-electron chi connectivity index (χ1n) is 10.0. The first-order chi connectivity index (χ1) is 13.6. The van der Waals surface area contributed by atoms with Crippen molar-refractivity contribution in [1.29, 1.82) is 0 Å². The Morgan fingerprint density at radius 3 is 2.46 bits per heavy atom. The second-order valence-electron chi connectivity index (χ2n) is 7.97. The molecule has 1 unspecified atom stereocenters. The lowest BCUT2D eigenvalue weighted by Crippen LogP contribution is -2.50. The molecule has 5 nitrogen and oxygen atoms in total. The molecule has 1 fully saturated rings. The Labute approximate surface area is 175 Å². The molecule has 2 aliphatic heterocycles. The number of carbonyl (C=O) groups is 1. The van der Waals surface area contributed by atoms with Gasteiger partial charge < -0.3 is 4.90 Å². The highest BCUT2D eigenvalue weighted by Crippen LogP contribution is 2.36. The maximum atomic E-state index is 13.2. The zero-order valence-electron chi connectivity index (χ0n) is 16.6. The predicted molar refractivity (Wildman–Crippen MR) is 117 cm³/mol. The molecule has 4 heterocycles. The Bertz CT molecular complexity index is 793. The third-order valence-corrected chi connectivity index (χ3v) is 7.18. The molecule has 28 heavy (non-hydrogen) atoms. The van der Waals surface area contributed by atoms with E-state index >= 15 is 0 Å². The SMILES string of the molecule is CC(C)CN1CCN(CC(=O)N2N=C(c3cccs3)CC2c2cccs2)CC1. The van der Waals surface area contributed by atoms with E-state index in [1.165, 1.54) is 9.75 Å². The van der Waals surface area contributed by atoms with Crippen molar-refractivity contribution >= 4 is 34.3 Å². The predicted octanol–water partition coefficient (Wildman–Crippen LogP) is 3.76. The average Bonchev–Trinajstić information content (AvgIpc) is 3.42. The van der Waals surface area contributed by atoms with Crippen LogP contribution >= 0.6 is 22.7 Å². The molecule has 2 aromatic heterocycles. The second kappa shape index (κ2) is 8.86. The van der Waals surface area contributed by atoms with Crippen molar-refractivity contribution in [3.8, 4) is 0 Å². The summed E-state index contributed by atoms with van der Waals surface area (Å²) in [5.74, 6) is 0.802. The van der Waals surface area contributed by atoms with Crippen LogP contribution in [-0.4, -0.2) is 65.7 Å². The molecule has 0 aliphatic carbocycles. The molecule has 1 atom stereocenters. The molecule has 0 N–H and O–H groups in total. The minimum absolute atomic E-state index is 0.0341. The van der Waals surface area contributed by atoms with Gasteiger partial charge in [0, 0.05) is 44.0 Å². The largest absolute Gasteiger partial charge is 0.301 e. The smallest absolute Gasteiger partial charge is 0.257 e. The van der Waals surface area contributed by atoms with Gasteiger partial charge in [-0.2, -0.15) is 5.10 Å². The number of carbonyl (C=O) groups excluding carboxylic acids is 1. The number of hydrazone groups is 1. The first-order valence-corrected chi connectivity index (χ1v) is 11.8. The lowest BCUT2D eigenvalue weighted by Gasteiger charge is -2.35. The van der Waals surface area contributed by atoms with Crippen molar-refractivity contribution in [3.63, 3.8) is 0 Å². The third-order valence-electron chi connectivity index (χ3n) is 5.29. The number of rotatable bonds is 6. The van der Waals surface area contributed by atoms with Crippen LogP contribution in [0.1, 0.15) is 36.1 Å². The number of thiophene rings is 2. The van der Waals surface area contributed by atoms with E-state index in [1.54, 1.807) is 27.7 Å². The summed E-state index contributed by atoms with van der Waals surface area (Å²) in [7, 11) is 0. The highest BCUT2D eigenvalue weighted by atomic mass is 32.1. The Morgan fingerprint density at radius 1 is 1.11 bits per heavy atom. The minimum atomic E-state index is 0.0341. The van der Waals surface area contributed by atoms with E-state index in [0.29, 0.717) is 12.5 Å². The Balaban J connectivity index is 1.42. The molecule has 2 aromatic rings. The van der Waals surface area contributed by atoms with Gasteiger partial charge in [0.2, 0.25) is 0 Å². The van der Waals surface area contributed by atoms with Crippen molar-refractivity contribution in [1.82, 2.24) is 14.8 Å². The van der Waals surface area contributed by atoms with Gasteiger partial charge in [0.15, 0.2) is 0 Å². The number of hydrogen-bond acceptors (Lipinski definition) is 6. The third kappa shape index (κ3) is 4.54. The lowest BCUT2D eigenvalue weighted by molar-refractivity contribution is -0.134. The Kier molecular flexibility index (Phi) is 6.25. The maximum absolute atomic E-state index is 13.2. The van der Waals surface area contributed by atoms with Crippen LogP contribution < -0.4 is 0 Å². The summed E-state index contributed by atoms with van der Waals surface area (Å²) in [5.41, 5.74) is 1.03. The van der Waals surface area contributed by atoms with E-state index in [1.807, 2.05) is 6.07 Å². The van der Waals surface area contributed by atoms with E-state index < -0.39 is 0 Å².